The Labute approximate surface area is 154 Å². The van der Waals surface area contributed by atoms with Gasteiger partial charge in [0.15, 0.2) is 0 Å². The van der Waals surface area contributed by atoms with Gasteiger partial charge in [0.05, 0.1) is 0 Å². The molecule has 3 N–H and O–H groups in total. The van der Waals surface area contributed by atoms with Crippen LogP contribution in [0.2, 0.25) is 0 Å². The minimum Gasteiger partial charge on any atom is -0.507 e. The van der Waals surface area contributed by atoms with Crippen LogP contribution in [-0.4, -0.2) is 21.8 Å². The van der Waals surface area contributed by atoms with E-state index in [1.807, 2.05) is 19.1 Å². The summed E-state index contributed by atoms with van der Waals surface area (Å²) in [5.74, 6) is 0.488. The standard InChI is InChI=1S/C19H30N2O5/c1-14-15(2)19(23)17(16(3)18(14)22)12-10-8-6-4-5-7-9-11-13-20-26-21(24)25/h10,12,20,22-23H,4-9,11,13H2,1-3H3. The zero-order valence-electron chi connectivity index (χ0n) is 15.9. The van der Waals surface area contributed by atoms with Crippen molar-refractivity contribution in [2.75, 3.05) is 6.54 Å². The van der Waals surface area contributed by atoms with Crippen molar-refractivity contribution in [2.24, 2.45) is 0 Å². The third kappa shape index (κ3) is 6.92. The van der Waals surface area contributed by atoms with Gasteiger partial charge in [-0.05, 0) is 51.2 Å². The lowest BCUT2D eigenvalue weighted by Crippen LogP contribution is -2.19. The van der Waals surface area contributed by atoms with Gasteiger partial charge in [-0.3, -0.25) is 0 Å². The second kappa shape index (κ2) is 11.4. The number of unbranched alkanes of at least 4 members (excludes halogenated alkanes) is 6. The molecule has 26 heavy (non-hydrogen) atoms. The van der Waals surface area contributed by atoms with Gasteiger partial charge in [0.25, 0.3) is 0 Å². The topological polar surface area (TPSA) is 105 Å². The number of hydroxylamine groups is 1. The molecule has 0 aromatic heterocycles. The van der Waals surface area contributed by atoms with Gasteiger partial charge in [-0.15, -0.1) is 10.1 Å². The van der Waals surface area contributed by atoms with Crippen molar-refractivity contribution in [3.8, 4) is 11.5 Å². The summed E-state index contributed by atoms with van der Waals surface area (Å²) in [5, 5.41) is 29.4. The van der Waals surface area contributed by atoms with Crippen LogP contribution in [-0.2, 0) is 4.94 Å². The molecule has 0 saturated heterocycles. The predicted molar refractivity (Wildman–Crippen MR) is 101 cm³/mol. The van der Waals surface area contributed by atoms with E-state index in [1.165, 1.54) is 0 Å². The number of aromatic hydroxyl groups is 2. The summed E-state index contributed by atoms with van der Waals surface area (Å²) in [6, 6.07) is 0. The van der Waals surface area contributed by atoms with Gasteiger partial charge in [-0.1, -0.05) is 37.8 Å². The van der Waals surface area contributed by atoms with E-state index >= 15 is 0 Å². The van der Waals surface area contributed by atoms with Crippen LogP contribution in [0.15, 0.2) is 6.08 Å². The van der Waals surface area contributed by atoms with Gasteiger partial charge in [0.1, 0.15) is 11.5 Å². The zero-order valence-corrected chi connectivity index (χ0v) is 15.9. The third-order valence-corrected chi connectivity index (χ3v) is 4.61. The summed E-state index contributed by atoms with van der Waals surface area (Å²) in [4.78, 5) is 13.9. The number of nitrogens with one attached hydrogen (secondary N) is 1. The minimum atomic E-state index is -0.853. The third-order valence-electron chi connectivity index (χ3n) is 4.61. The maximum atomic E-state index is 10.3. The largest absolute Gasteiger partial charge is 0.507 e. The summed E-state index contributed by atoms with van der Waals surface area (Å²) in [5.41, 5.74) is 5.12. The average molecular weight is 366 g/mol. The molecule has 0 aliphatic heterocycles. The molecule has 7 nitrogen and oxygen atoms in total. The number of phenols is 2. The number of hydrogen-bond donors (Lipinski definition) is 3. The second-order valence-corrected chi connectivity index (χ2v) is 6.51. The lowest BCUT2D eigenvalue weighted by atomic mass is 9.97. The molecule has 0 saturated carbocycles. The van der Waals surface area contributed by atoms with Crippen LogP contribution in [0.1, 0.15) is 67.2 Å². The molecule has 0 fully saturated rings. The molecule has 7 heteroatoms. The van der Waals surface area contributed by atoms with Crippen LogP contribution >= 0.6 is 0 Å². The van der Waals surface area contributed by atoms with Crippen molar-refractivity contribution in [1.82, 2.24) is 5.48 Å². The predicted octanol–water partition coefficient (Wildman–Crippen LogP) is 4.48. The lowest BCUT2D eigenvalue weighted by Gasteiger charge is -2.13. The van der Waals surface area contributed by atoms with Crippen LogP contribution in [0.25, 0.3) is 6.08 Å². The minimum absolute atomic E-state index is 0.240. The number of benzene rings is 1. The van der Waals surface area contributed by atoms with Gasteiger partial charge in [-0.2, -0.15) is 5.48 Å². The lowest BCUT2D eigenvalue weighted by molar-refractivity contribution is -0.776. The number of rotatable bonds is 12. The van der Waals surface area contributed by atoms with E-state index < -0.39 is 5.09 Å². The van der Waals surface area contributed by atoms with Gasteiger partial charge < -0.3 is 10.2 Å². The zero-order chi connectivity index (χ0) is 19.5. The molecule has 1 aromatic rings. The average Bonchev–Trinajstić information content (AvgIpc) is 2.61. The van der Waals surface area contributed by atoms with Gasteiger partial charge in [0, 0.05) is 17.7 Å². The fraction of sp³-hybridized carbons (Fsp3) is 0.579. The fourth-order valence-corrected chi connectivity index (χ4v) is 2.81. The fourth-order valence-electron chi connectivity index (χ4n) is 2.81. The Morgan fingerprint density at radius 1 is 0.962 bits per heavy atom. The Kier molecular flexibility index (Phi) is 9.51. The Bertz CT molecular complexity index is 600. The van der Waals surface area contributed by atoms with Crippen molar-refractivity contribution in [3.63, 3.8) is 0 Å². The first kappa shape index (κ1) is 21.8. The molecule has 0 spiro atoms. The van der Waals surface area contributed by atoms with Crippen molar-refractivity contribution < 1.29 is 20.2 Å². The maximum Gasteiger partial charge on any atom is 0.311 e. The molecule has 0 heterocycles. The molecule has 0 atom stereocenters. The van der Waals surface area contributed by atoms with Crippen LogP contribution in [0.5, 0.6) is 11.5 Å². The van der Waals surface area contributed by atoms with E-state index in [4.69, 9.17) is 0 Å². The highest BCUT2D eigenvalue weighted by molar-refractivity contribution is 5.68. The molecular weight excluding hydrogens is 336 g/mol. The normalized spacial score (nSPS) is 11.2. The van der Waals surface area contributed by atoms with Crippen LogP contribution in [0.3, 0.4) is 0 Å². The molecule has 0 amide bonds. The van der Waals surface area contributed by atoms with Crippen LogP contribution < -0.4 is 5.48 Å². The summed E-state index contributed by atoms with van der Waals surface area (Å²) in [7, 11) is 0. The summed E-state index contributed by atoms with van der Waals surface area (Å²) >= 11 is 0. The van der Waals surface area contributed by atoms with Crippen LogP contribution in [0, 0.1) is 30.9 Å². The van der Waals surface area contributed by atoms with Gasteiger partial charge >= 0.3 is 5.09 Å². The molecule has 146 valence electrons. The number of nitrogens with zero attached hydrogens (tertiary/aromatic N) is 1. The number of phenolic OH excluding ortho intramolecular Hbond substituents is 2. The van der Waals surface area contributed by atoms with Gasteiger partial charge in [-0.25, -0.2) is 4.94 Å². The van der Waals surface area contributed by atoms with E-state index in [9.17, 15) is 20.3 Å². The first-order chi connectivity index (χ1) is 12.4. The van der Waals surface area contributed by atoms with Crippen molar-refractivity contribution in [2.45, 2.75) is 65.7 Å². The van der Waals surface area contributed by atoms with E-state index in [1.54, 1.807) is 13.8 Å². The first-order valence-corrected chi connectivity index (χ1v) is 9.08. The molecule has 0 aliphatic rings. The molecule has 0 bridgehead atoms. The molecule has 1 aromatic carbocycles. The molecule has 0 unspecified atom stereocenters. The van der Waals surface area contributed by atoms with Gasteiger partial charge in [0.2, 0.25) is 0 Å². The second-order valence-electron chi connectivity index (χ2n) is 6.51. The summed E-state index contributed by atoms with van der Waals surface area (Å²) in [6.45, 7) is 5.90. The Hall–Kier alpha value is -2.28. The highest BCUT2D eigenvalue weighted by atomic mass is 17.0. The van der Waals surface area contributed by atoms with Crippen molar-refractivity contribution >= 4 is 6.08 Å². The smallest absolute Gasteiger partial charge is 0.311 e. The Balaban J connectivity index is 2.22. The number of allylic oxidation sites excluding steroid dienone is 1. The molecule has 0 aliphatic carbocycles. The summed E-state index contributed by atoms with van der Waals surface area (Å²) < 4.78 is 0. The van der Waals surface area contributed by atoms with Crippen molar-refractivity contribution in [3.05, 3.63) is 38.4 Å². The summed E-state index contributed by atoms with van der Waals surface area (Å²) in [6.07, 6.45) is 11.1. The SMILES string of the molecule is Cc1c(C)c(O)c(C=CCCCCCCCCNO[N+](=O)[O-])c(C)c1O. The highest BCUT2D eigenvalue weighted by Crippen LogP contribution is 2.36. The molecule has 0 radical (unpaired) electrons. The first-order valence-electron chi connectivity index (χ1n) is 9.08. The van der Waals surface area contributed by atoms with Crippen LogP contribution in [0.4, 0.5) is 0 Å². The van der Waals surface area contributed by atoms with E-state index in [-0.39, 0.29) is 11.5 Å². The number of hydrogen-bond acceptors (Lipinski definition) is 6. The molecular formula is C19H30N2O5. The van der Waals surface area contributed by atoms with Crippen molar-refractivity contribution in [1.29, 1.82) is 0 Å². The quantitative estimate of drug-likeness (QED) is 0.218. The highest BCUT2D eigenvalue weighted by Gasteiger charge is 2.14. The Morgan fingerprint density at radius 2 is 1.54 bits per heavy atom. The molecule has 1 rings (SSSR count). The van der Waals surface area contributed by atoms with E-state index in [0.29, 0.717) is 23.2 Å². The van der Waals surface area contributed by atoms with E-state index in [0.717, 1.165) is 50.5 Å². The van der Waals surface area contributed by atoms with E-state index in [2.05, 4.69) is 10.4 Å². The maximum absolute atomic E-state index is 10.3. The Morgan fingerprint density at radius 3 is 2.19 bits per heavy atom. The monoisotopic (exact) mass is 366 g/mol.